The SMILES string of the molecule is C1CCN(CC2CON=C(C34CCN(CC3)CC4)O2)CC1. The van der Waals surface area contributed by atoms with E-state index >= 15 is 0 Å². The molecule has 5 rings (SSSR count). The van der Waals surface area contributed by atoms with E-state index in [0.717, 1.165) is 12.4 Å². The third-order valence-electron chi connectivity index (χ3n) is 5.77. The molecule has 0 aliphatic carbocycles. The average Bonchev–Trinajstić information content (AvgIpc) is 2.58. The highest BCUT2D eigenvalue weighted by atomic mass is 16.7. The highest BCUT2D eigenvalue weighted by Crippen LogP contribution is 2.42. The fourth-order valence-corrected chi connectivity index (χ4v) is 4.28. The molecule has 5 heterocycles. The van der Waals surface area contributed by atoms with Gasteiger partial charge in [-0.2, -0.15) is 0 Å². The molecule has 2 bridgehead atoms. The smallest absolute Gasteiger partial charge is 0.232 e. The molecule has 118 valence electrons. The van der Waals surface area contributed by atoms with Gasteiger partial charge in [0.2, 0.25) is 5.90 Å². The molecule has 0 saturated carbocycles. The zero-order valence-corrected chi connectivity index (χ0v) is 12.9. The van der Waals surface area contributed by atoms with E-state index in [1.807, 2.05) is 0 Å². The van der Waals surface area contributed by atoms with Gasteiger partial charge in [-0.1, -0.05) is 11.6 Å². The second kappa shape index (κ2) is 5.76. The Morgan fingerprint density at radius 2 is 1.71 bits per heavy atom. The molecule has 0 aromatic carbocycles. The highest BCUT2D eigenvalue weighted by molar-refractivity contribution is 5.83. The number of oxime groups is 1. The Hall–Kier alpha value is -0.810. The monoisotopic (exact) mass is 293 g/mol. The third kappa shape index (κ3) is 2.78. The molecule has 0 N–H and O–H groups in total. The first kappa shape index (κ1) is 13.8. The molecule has 4 saturated heterocycles. The fourth-order valence-electron chi connectivity index (χ4n) is 4.28. The molecule has 4 fully saturated rings. The number of fused-ring (bicyclic) bond motifs is 3. The van der Waals surface area contributed by atoms with E-state index in [2.05, 4.69) is 15.0 Å². The van der Waals surface area contributed by atoms with Crippen LogP contribution in [0.1, 0.15) is 38.5 Å². The summed E-state index contributed by atoms with van der Waals surface area (Å²) in [6.07, 6.45) is 7.76. The van der Waals surface area contributed by atoms with Crippen molar-refractivity contribution in [2.75, 3.05) is 45.9 Å². The van der Waals surface area contributed by atoms with Crippen molar-refractivity contribution in [2.45, 2.75) is 44.6 Å². The van der Waals surface area contributed by atoms with Gasteiger partial charge in [0.1, 0.15) is 6.10 Å². The van der Waals surface area contributed by atoms with Crippen LogP contribution in [0.2, 0.25) is 0 Å². The van der Waals surface area contributed by atoms with Gasteiger partial charge in [-0.15, -0.1) is 0 Å². The summed E-state index contributed by atoms with van der Waals surface area (Å²) in [5, 5.41) is 4.32. The molecule has 5 heteroatoms. The van der Waals surface area contributed by atoms with E-state index in [1.54, 1.807) is 0 Å². The van der Waals surface area contributed by atoms with Crippen LogP contribution in [0.15, 0.2) is 5.16 Å². The van der Waals surface area contributed by atoms with Gasteiger partial charge in [-0.25, -0.2) is 0 Å². The predicted octanol–water partition coefficient (Wildman–Crippen LogP) is 1.69. The maximum atomic E-state index is 6.31. The van der Waals surface area contributed by atoms with Crippen LogP contribution in [0.25, 0.3) is 0 Å². The van der Waals surface area contributed by atoms with Gasteiger partial charge in [-0.05, 0) is 64.8 Å². The van der Waals surface area contributed by atoms with Gasteiger partial charge in [0, 0.05) is 6.54 Å². The van der Waals surface area contributed by atoms with Crippen molar-refractivity contribution >= 4 is 5.90 Å². The first-order valence-corrected chi connectivity index (χ1v) is 8.66. The zero-order chi connectivity index (χ0) is 14.1. The Balaban J connectivity index is 1.39. The maximum absolute atomic E-state index is 6.31. The lowest BCUT2D eigenvalue weighted by molar-refractivity contribution is -0.0371. The van der Waals surface area contributed by atoms with Crippen molar-refractivity contribution in [3.8, 4) is 0 Å². The largest absolute Gasteiger partial charge is 0.470 e. The number of piperidine rings is 4. The fraction of sp³-hybridized carbons (Fsp3) is 0.938. The molecule has 0 aromatic rings. The standard InChI is InChI=1S/C16H27N3O2/c1-2-7-19(8-3-1)12-14-13-20-17-15(21-14)16-4-9-18(10-5-16)11-6-16/h14H,1-13H2. The summed E-state index contributed by atoms with van der Waals surface area (Å²) in [5.74, 6) is 0.912. The minimum Gasteiger partial charge on any atom is -0.470 e. The predicted molar refractivity (Wildman–Crippen MR) is 81.3 cm³/mol. The van der Waals surface area contributed by atoms with Crippen LogP contribution in [-0.2, 0) is 9.57 Å². The lowest BCUT2D eigenvalue weighted by Gasteiger charge is -2.48. The van der Waals surface area contributed by atoms with Gasteiger partial charge in [-0.3, -0.25) is 4.90 Å². The molecule has 5 nitrogen and oxygen atoms in total. The summed E-state index contributed by atoms with van der Waals surface area (Å²) >= 11 is 0. The quantitative estimate of drug-likeness (QED) is 0.793. The van der Waals surface area contributed by atoms with E-state index in [9.17, 15) is 0 Å². The van der Waals surface area contributed by atoms with E-state index < -0.39 is 0 Å². The average molecular weight is 293 g/mol. The van der Waals surface area contributed by atoms with Gasteiger partial charge < -0.3 is 14.5 Å². The summed E-state index contributed by atoms with van der Waals surface area (Å²) in [7, 11) is 0. The molecular weight excluding hydrogens is 266 g/mol. The second-order valence-corrected chi connectivity index (χ2v) is 7.17. The number of rotatable bonds is 3. The number of hydrogen-bond donors (Lipinski definition) is 0. The molecule has 1 atom stereocenters. The lowest BCUT2D eigenvalue weighted by atomic mass is 9.72. The summed E-state index contributed by atoms with van der Waals surface area (Å²) in [4.78, 5) is 10.6. The normalized spacial score (nSPS) is 40.3. The first-order valence-electron chi connectivity index (χ1n) is 8.66. The van der Waals surface area contributed by atoms with Gasteiger partial charge >= 0.3 is 0 Å². The van der Waals surface area contributed by atoms with Crippen LogP contribution in [0.5, 0.6) is 0 Å². The third-order valence-corrected chi connectivity index (χ3v) is 5.77. The topological polar surface area (TPSA) is 37.3 Å². The summed E-state index contributed by atoms with van der Waals surface area (Å²) in [6.45, 7) is 7.62. The van der Waals surface area contributed by atoms with E-state index in [4.69, 9.17) is 9.57 Å². The van der Waals surface area contributed by atoms with Crippen LogP contribution in [0, 0.1) is 5.41 Å². The second-order valence-electron chi connectivity index (χ2n) is 7.17. The summed E-state index contributed by atoms with van der Waals surface area (Å²) in [6, 6.07) is 0. The van der Waals surface area contributed by atoms with Crippen LogP contribution in [0.4, 0.5) is 0 Å². The Morgan fingerprint density at radius 1 is 1.00 bits per heavy atom. The van der Waals surface area contributed by atoms with Crippen LogP contribution in [-0.4, -0.2) is 67.7 Å². The summed E-state index contributed by atoms with van der Waals surface area (Å²) < 4.78 is 6.31. The molecule has 5 aliphatic rings. The van der Waals surface area contributed by atoms with Crippen molar-refractivity contribution in [1.29, 1.82) is 0 Å². The molecule has 21 heavy (non-hydrogen) atoms. The Bertz CT molecular complexity index is 385. The lowest BCUT2D eigenvalue weighted by Crippen LogP contribution is -2.54. The van der Waals surface area contributed by atoms with Crippen LogP contribution < -0.4 is 0 Å². The Labute approximate surface area is 127 Å². The number of nitrogens with zero attached hydrogens (tertiary/aromatic N) is 3. The van der Waals surface area contributed by atoms with Crippen molar-refractivity contribution in [1.82, 2.24) is 9.80 Å². The van der Waals surface area contributed by atoms with Crippen LogP contribution >= 0.6 is 0 Å². The van der Waals surface area contributed by atoms with Crippen molar-refractivity contribution in [3.05, 3.63) is 0 Å². The molecule has 0 spiro atoms. The van der Waals surface area contributed by atoms with E-state index in [0.29, 0.717) is 6.61 Å². The minimum absolute atomic E-state index is 0.171. The molecular formula is C16H27N3O2. The zero-order valence-electron chi connectivity index (χ0n) is 12.9. The molecule has 0 amide bonds. The molecule has 0 radical (unpaired) electrons. The summed E-state index contributed by atoms with van der Waals surface area (Å²) in [5.41, 5.74) is 0.176. The molecule has 0 aromatic heterocycles. The molecule has 1 unspecified atom stereocenters. The number of hydrogen-bond acceptors (Lipinski definition) is 5. The number of likely N-dealkylation sites (tertiary alicyclic amines) is 1. The first-order chi connectivity index (χ1) is 10.3. The van der Waals surface area contributed by atoms with Gasteiger partial charge in [0.25, 0.3) is 0 Å². The Morgan fingerprint density at radius 3 is 2.43 bits per heavy atom. The van der Waals surface area contributed by atoms with Gasteiger partial charge in [0.15, 0.2) is 6.61 Å². The molecule has 5 aliphatic heterocycles. The van der Waals surface area contributed by atoms with Crippen molar-refractivity contribution in [3.63, 3.8) is 0 Å². The van der Waals surface area contributed by atoms with Crippen molar-refractivity contribution in [2.24, 2.45) is 10.6 Å². The Kier molecular flexibility index (Phi) is 3.79. The highest BCUT2D eigenvalue weighted by Gasteiger charge is 2.46. The van der Waals surface area contributed by atoms with E-state index in [1.165, 1.54) is 71.2 Å². The van der Waals surface area contributed by atoms with Crippen LogP contribution in [0.3, 0.4) is 0 Å². The van der Waals surface area contributed by atoms with E-state index in [-0.39, 0.29) is 11.5 Å². The maximum Gasteiger partial charge on any atom is 0.232 e. The van der Waals surface area contributed by atoms with Gasteiger partial charge in [0.05, 0.1) is 5.41 Å². The van der Waals surface area contributed by atoms with Crippen molar-refractivity contribution < 1.29 is 9.57 Å². The minimum atomic E-state index is 0.171. The number of ether oxygens (including phenoxy) is 1.